The number of aryl methyl sites for hydroxylation is 1. The molecule has 2 heterocycles. The monoisotopic (exact) mass is 366 g/mol. The van der Waals surface area contributed by atoms with Gasteiger partial charge < -0.3 is 10.2 Å². The lowest BCUT2D eigenvalue weighted by molar-refractivity contribution is -0.136. The first-order valence-corrected chi connectivity index (χ1v) is 9.73. The second-order valence-electron chi connectivity index (χ2n) is 7.77. The molecule has 1 atom stereocenters. The minimum absolute atomic E-state index is 0.00696. The molecule has 1 aliphatic heterocycles. The second-order valence-corrected chi connectivity index (χ2v) is 7.77. The van der Waals surface area contributed by atoms with Gasteiger partial charge in [-0.15, -0.1) is 0 Å². The van der Waals surface area contributed by atoms with Crippen LogP contribution in [-0.4, -0.2) is 33.0 Å². The van der Waals surface area contributed by atoms with Crippen LogP contribution in [0.2, 0.25) is 0 Å². The molecule has 0 spiro atoms. The molecule has 6 heteroatoms. The van der Waals surface area contributed by atoms with Crippen molar-refractivity contribution < 1.29 is 9.59 Å². The van der Waals surface area contributed by atoms with Gasteiger partial charge in [0.25, 0.3) is 0 Å². The molecule has 2 amide bonds. The summed E-state index contributed by atoms with van der Waals surface area (Å²) in [5, 5.41) is 7.64. The highest BCUT2D eigenvalue weighted by Gasteiger charge is 2.28. The number of nitrogens with one attached hydrogen (secondary N) is 1. The van der Waals surface area contributed by atoms with Crippen LogP contribution >= 0.6 is 0 Å². The molecule has 6 nitrogen and oxygen atoms in total. The van der Waals surface area contributed by atoms with Crippen molar-refractivity contribution in [3.05, 3.63) is 52.8 Å². The first-order chi connectivity index (χ1) is 13.0. The van der Waals surface area contributed by atoms with E-state index in [4.69, 9.17) is 0 Å². The fourth-order valence-corrected chi connectivity index (χ4v) is 4.10. The number of benzene rings is 1. The number of fused-ring (bicyclic) bond motifs is 2. The van der Waals surface area contributed by atoms with Gasteiger partial charge in [-0.2, -0.15) is 5.10 Å². The number of aromatic nitrogens is 2. The van der Waals surface area contributed by atoms with E-state index in [0.717, 1.165) is 29.8 Å². The molecular weight excluding hydrogens is 340 g/mol. The van der Waals surface area contributed by atoms with Crippen LogP contribution in [0.5, 0.6) is 0 Å². The van der Waals surface area contributed by atoms with Gasteiger partial charge in [0.1, 0.15) is 0 Å². The molecule has 0 radical (unpaired) electrons. The van der Waals surface area contributed by atoms with Gasteiger partial charge in [-0.3, -0.25) is 14.3 Å². The van der Waals surface area contributed by atoms with Gasteiger partial charge in [0.15, 0.2) is 0 Å². The molecule has 0 unspecified atom stereocenters. The molecule has 0 saturated heterocycles. The molecule has 2 aliphatic rings. The van der Waals surface area contributed by atoms with Crippen LogP contribution in [-0.2, 0) is 35.6 Å². The second kappa shape index (κ2) is 7.18. The molecule has 2 aromatic rings. The van der Waals surface area contributed by atoms with Gasteiger partial charge in [0, 0.05) is 12.5 Å². The van der Waals surface area contributed by atoms with Crippen molar-refractivity contribution in [2.24, 2.45) is 5.92 Å². The van der Waals surface area contributed by atoms with Gasteiger partial charge >= 0.3 is 0 Å². The van der Waals surface area contributed by atoms with E-state index in [-0.39, 0.29) is 23.7 Å². The Kier molecular flexibility index (Phi) is 4.72. The molecule has 27 heavy (non-hydrogen) atoms. The molecule has 1 aliphatic carbocycles. The van der Waals surface area contributed by atoms with E-state index in [1.54, 1.807) is 0 Å². The van der Waals surface area contributed by atoms with Crippen molar-refractivity contribution in [3.63, 3.8) is 0 Å². The van der Waals surface area contributed by atoms with Gasteiger partial charge in [-0.25, -0.2) is 0 Å². The number of rotatable bonds is 4. The normalized spacial score (nSPS) is 18.3. The van der Waals surface area contributed by atoms with Gasteiger partial charge in [-0.1, -0.05) is 38.1 Å². The summed E-state index contributed by atoms with van der Waals surface area (Å²) in [6.07, 6.45) is 1.84. The average molecular weight is 366 g/mol. The summed E-state index contributed by atoms with van der Waals surface area (Å²) in [4.78, 5) is 26.7. The fraction of sp³-hybridized carbons (Fsp3) is 0.476. The summed E-state index contributed by atoms with van der Waals surface area (Å²) in [5.41, 5.74) is 4.32. The predicted octanol–water partition coefficient (Wildman–Crippen LogP) is 2.23. The Morgan fingerprint density at radius 3 is 2.89 bits per heavy atom. The lowest BCUT2D eigenvalue weighted by Crippen LogP contribution is -2.40. The largest absolute Gasteiger partial charge is 0.350 e. The van der Waals surface area contributed by atoms with Crippen molar-refractivity contribution in [1.82, 2.24) is 20.0 Å². The summed E-state index contributed by atoms with van der Waals surface area (Å²) < 4.78 is 1.95. The van der Waals surface area contributed by atoms with Crippen LogP contribution in [0.1, 0.15) is 48.7 Å². The molecule has 1 N–H and O–H groups in total. The average Bonchev–Trinajstić information content (AvgIpc) is 3.28. The van der Waals surface area contributed by atoms with Gasteiger partial charge in [-0.05, 0) is 30.0 Å². The number of hydrogen-bond acceptors (Lipinski definition) is 3. The number of amides is 2. The summed E-state index contributed by atoms with van der Waals surface area (Å²) in [7, 11) is 0. The zero-order chi connectivity index (χ0) is 19.0. The molecule has 0 bridgehead atoms. The van der Waals surface area contributed by atoms with Crippen LogP contribution in [0.15, 0.2) is 30.3 Å². The number of carbonyl (C=O) groups excluding carboxylic acids is 2. The van der Waals surface area contributed by atoms with E-state index in [0.29, 0.717) is 26.2 Å². The quantitative estimate of drug-likeness (QED) is 0.902. The smallest absolute Gasteiger partial charge is 0.227 e. The lowest BCUT2D eigenvalue weighted by atomic mass is 10.0. The SMILES string of the molecule is CC(C)C(=O)N1CCn2nc(CNC(=O)[C@H]3CCc4ccccc43)cc2C1. The Morgan fingerprint density at radius 1 is 1.26 bits per heavy atom. The van der Waals surface area contributed by atoms with Crippen molar-refractivity contribution in [3.8, 4) is 0 Å². The topological polar surface area (TPSA) is 67.2 Å². The Bertz CT molecular complexity index is 871. The van der Waals surface area contributed by atoms with Crippen molar-refractivity contribution in [2.45, 2.75) is 52.2 Å². The number of carbonyl (C=O) groups is 2. The maximum absolute atomic E-state index is 12.6. The van der Waals surface area contributed by atoms with Crippen molar-refractivity contribution in [2.75, 3.05) is 6.54 Å². The van der Waals surface area contributed by atoms with Crippen LogP contribution in [0.3, 0.4) is 0 Å². The predicted molar refractivity (Wildman–Crippen MR) is 102 cm³/mol. The van der Waals surface area contributed by atoms with Crippen LogP contribution in [0, 0.1) is 5.92 Å². The molecule has 0 saturated carbocycles. The maximum Gasteiger partial charge on any atom is 0.227 e. The van der Waals surface area contributed by atoms with E-state index in [2.05, 4.69) is 22.5 Å². The lowest BCUT2D eigenvalue weighted by Gasteiger charge is -2.29. The number of hydrogen-bond donors (Lipinski definition) is 1. The highest BCUT2D eigenvalue weighted by Crippen LogP contribution is 2.32. The van der Waals surface area contributed by atoms with E-state index < -0.39 is 0 Å². The van der Waals surface area contributed by atoms with Crippen LogP contribution in [0.25, 0.3) is 0 Å². The highest BCUT2D eigenvalue weighted by atomic mass is 16.2. The first kappa shape index (κ1) is 17.8. The van der Waals surface area contributed by atoms with Crippen LogP contribution in [0.4, 0.5) is 0 Å². The zero-order valence-electron chi connectivity index (χ0n) is 15.9. The summed E-state index contributed by atoms with van der Waals surface area (Å²) in [6, 6.07) is 10.2. The van der Waals surface area contributed by atoms with Crippen molar-refractivity contribution in [1.29, 1.82) is 0 Å². The Labute approximate surface area is 159 Å². The van der Waals surface area contributed by atoms with E-state index in [1.807, 2.05) is 41.6 Å². The molecule has 142 valence electrons. The third kappa shape index (κ3) is 3.48. The van der Waals surface area contributed by atoms with Gasteiger partial charge in [0.05, 0.1) is 36.9 Å². The summed E-state index contributed by atoms with van der Waals surface area (Å²) >= 11 is 0. The standard InChI is InChI=1S/C21H26N4O2/c1-14(2)21(27)24-9-10-25-17(13-24)11-16(23-25)12-22-20(26)19-8-7-15-5-3-4-6-18(15)19/h3-6,11,14,19H,7-10,12-13H2,1-2H3,(H,22,26)/t19-/m0/s1. The van der Waals surface area contributed by atoms with Crippen LogP contribution < -0.4 is 5.32 Å². The first-order valence-electron chi connectivity index (χ1n) is 9.73. The third-order valence-corrected chi connectivity index (χ3v) is 5.55. The molecule has 4 rings (SSSR count). The zero-order valence-corrected chi connectivity index (χ0v) is 15.9. The van der Waals surface area contributed by atoms with Gasteiger partial charge in [0.2, 0.25) is 11.8 Å². The van der Waals surface area contributed by atoms with E-state index in [1.165, 1.54) is 5.56 Å². The summed E-state index contributed by atoms with van der Waals surface area (Å²) in [6.45, 7) is 6.27. The minimum atomic E-state index is -0.0578. The highest BCUT2D eigenvalue weighted by molar-refractivity contribution is 5.84. The minimum Gasteiger partial charge on any atom is -0.350 e. The molecule has 0 fully saturated rings. The molecule has 1 aromatic heterocycles. The maximum atomic E-state index is 12.6. The Balaban J connectivity index is 1.38. The van der Waals surface area contributed by atoms with E-state index in [9.17, 15) is 9.59 Å². The fourth-order valence-electron chi connectivity index (χ4n) is 4.10. The Morgan fingerprint density at radius 2 is 2.07 bits per heavy atom. The Hall–Kier alpha value is -2.63. The summed E-state index contributed by atoms with van der Waals surface area (Å²) in [5.74, 6) is 0.199. The van der Waals surface area contributed by atoms with Crippen molar-refractivity contribution >= 4 is 11.8 Å². The third-order valence-electron chi connectivity index (χ3n) is 5.55. The molecular formula is C21H26N4O2. The van der Waals surface area contributed by atoms with E-state index >= 15 is 0 Å². The molecule has 1 aromatic carbocycles. The number of nitrogens with zero attached hydrogens (tertiary/aromatic N) is 3.